The smallest absolute Gasteiger partial charge is 0.335 e. The highest BCUT2D eigenvalue weighted by molar-refractivity contribution is 5.86. The summed E-state index contributed by atoms with van der Waals surface area (Å²) in [5, 5.41) is 0. The number of aryl methyl sites for hydroxylation is 1. The Labute approximate surface area is 149 Å². The Balaban J connectivity index is 1.90. The molecule has 0 N–H and O–H groups in total. The highest BCUT2D eigenvalue weighted by Gasteiger charge is 2.02. The third-order valence-corrected chi connectivity index (χ3v) is 3.46. The van der Waals surface area contributed by atoms with E-state index in [4.69, 9.17) is 9.47 Å². The summed E-state index contributed by atoms with van der Waals surface area (Å²) in [5.41, 5.74) is 3.56. The summed E-state index contributed by atoms with van der Waals surface area (Å²) in [6, 6.07) is 15.7. The summed E-state index contributed by atoms with van der Waals surface area (Å²) in [4.78, 5) is 11.2. The number of benzene rings is 2. The largest absolute Gasteiger partial charge is 0.457 e. The van der Waals surface area contributed by atoms with Gasteiger partial charge in [-0.2, -0.15) is 0 Å². The SMILES string of the molecule is C=C(C)C(=O)OCOc1ccc(C#Cc2ccc(CCC)cc2)cc1. The van der Waals surface area contributed by atoms with Crippen LogP contribution >= 0.6 is 0 Å². The molecule has 0 amide bonds. The molecule has 3 nitrogen and oxygen atoms in total. The average Bonchev–Trinajstić information content (AvgIpc) is 2.62. The third-order valence-electron chi connectivity index (χ3n) is 3.46. The molecule has 0 aliphatic rings. The van der Waals surface area contributed by atoms with Crippen LogP contribution in [0.25, 0.3) is 0 Å². The van der Waals surface area contributed by atoms with E-state index >= 15 is 0 Å². The van der Waals surface area contributed by atoms with Crippen LogP contribution in [-0.4, -0.2) is 12.8 Å². The molecule has 0 spiro atoms. The molecule has 2 rings (SSSR count). The minimum atomic E-state index is -0.465. The summed E-state index contributed by atoms with van der Waals surface area (Å²) in [5.74, 6) is 6.43. The number of rotatable bonds is 6. The number of hydrogen-bond acceptors (Lipinski definition) is 3. The fourth-order valence-corrected chi connectivity index (χ4v) is 2.10. The van der Waals surface area contributed by atoms with Crippen LogP contribution in [0.15, 0.2) is 60.7 Å². The van der Waals surface area contributed by atoms with E-state index < -0.39 is 5.97 Å². The van der Waals surface area contributed by atoms with E-state index in [1.807, 2.05) is 24.3 Å². The van der Waals surface area contributed by atoms with Crippen molar-refractivity contribution in [2.75, 3.05) is 6.79 Å². The zero-order valence-electron chi connectivity index (χ0n) is 14.7. The lowest BCUT2D eigenvalue weighted by atomic mass is 10.1. The number of esters is 1. The zero-order valence-corrected chi connectivity index (χ0v) is 14.7. The number of ether oxygens (including phenoxy) is 2. The molecule has 0 fully saturated rings. The molecule has 0 saturated heterocycles. The van der Waals surface area contributed by atoms with Crippen LogP contribution in [0.4, 0.5) is 0 Å². The molecule has 25 heavy (non-hydrogen) atoms. The second kappa shape index (κ2) is 9.34. The second-order valence-electron chi connectivity index (χ2n) is 5.70. The monoisotopic (exact) mass is 334 g/mol. The molecule has 0 heterocycles. The van der Waals surface area contributed by atoms with Crippen molar-refractivity contribution < 1.29 is 14.3 Å². The maximum Gasteiger partial charge on any atom is 0.335 e. The van der Waals surface area contributed by atoms with E-state index in [0.717, 1.165) is 24.0 Å². The fraction of sp³-hybridized carbons (Fsp3) is 0.227. The van der Waals surface area contributed by atoms with Gasteiger partial charge in [0.05, 0.1) is 0 Å². The Kier molecular flexibility index (Phi) is 6.86. The Morgan fingerprint density at radius 1 is 1.00 bits per heavy atom. The number of carbonyl (C=O) groups is 1. The van der Waals surface area contributed by atoms with Gasteiger partial charge < -0.3 is 9.47 Å². The van der Waals surface area contributed by atoms with Crippen molar-refractivity contribution in [2.24, 2.45) is 0 Å². The first-order chi connectivity index (χ1) is 12.1. The second-order valence-corrected chi connectivity index (χ2v) is 5.70. The molecule has 0 aromatic heterocycles. The quantitative estimate of drug-likeness (QED) is 0.338. The summed E-state index contributed by atoms with van der Waals surface area (Å²) in [6.45, 7) is 7.13. The van der Waals surface area contributed by atoms with E-state index in [2.05, 4.69) is 37.5 Å². The van der Waals surface area contributed by atoms with E-state index in [1.165, 1.54) is 5.56 Å². The molecule has 3 heteroatoms. The maximum absolute atomic E-state index is 11.2. The summed E-state index contributed by atoms with van der Waals surface area (Å²) in [6.07, 6.45) is 2.24. The first-order valence-electron chi connectivity index (χ1n) is 8.25. The Morgan fingerprint density at radius 3 is 2.08 bits per heavy atom. The standard InChI is InChI=1S/C22H22O3/c1-4-5-18-6-8-19(9-7-18)10-11-20-12-14-21(15-13-20)24-16-25-22(23)17(2)3/h6-9,12-15H,2,4-5,16H2,1,3H3. The summed E-state index contributed by atoms with van der Waals surface area (Å²) >= 11 is 0. The molecule has 0 saturated carbocycles. The molecule has 0 aliphatic heterocycles. The molecule has 0 atom stereocenters. The van der Waals surface area contributed by atoms with Gasteiger partial charge in [0.25, 0.3) is 0 Å². The minimum absolute atomic E-state index is 0.138. The lowest BCUT2D eigenvalue weighted by Gasteiger charge is -2.06. The topological polar surface area (TPSA) is 35.5 Å². The first kappa shape index (κ1) is 18.4. The van der Waals surface area contributed by atoms with Crippen molar-refractivity contribution >= 4 is 5.97 Å². The summed E-state index contributed by atoms with van der Waals surface area (Å²) in [7, 11) is 0. The van der Waals surface area contributed by atoms with Crippen molar-refractivity contribution in [3.8, 4) is 17.6 Å². The van der Waals surface area contributed by atoms with Crippen LogP contribution in [0.3, 0.4) is 0 Å². The van der Waals surface area contributed by atoms with Gasteiger partial charge in [-0.1, -0.05) is 43.9 Å². The number of hydrogen-bond donors (Lipinski definition) is 0. The maximum atomic E-state index is 11.2. The van der Waals surface area contributed by atoms with E-state index in [0.29, 0.717) is 11.3 Å². The molecule has 2 aromatic rings. The van der Waals surface area contributed by atoms with Gasteiger partial charge >= 0.3 is 5.97 Å². The van der Waals surface area contributed by atoms with E-state index in [1.54, 1.807) is 19.1 Å². The van der Waals surface area contributed by atoms with Crippen LogP contribution in [0.1, 0.15) is 37.0 Å². The molecule has 0 aliphatic carbocycles. The molecule has 0 unspecified atom stereocenters. The van der Waals surface area contributed by atoms with Gasteiger partial charge in [0.15, 0.2) is 0 Å². The fourth-order valence-electron chi connectivity index (χ4n) is 2.10. The van der Waals surface area contributed by atoms with Gasteiger partial charge in [0, 0.05) is 16.7 Å². The Bertz CT molecular complexity index is 775. The van der Waals surface area contributed by atoms with Crippen molar-refractivity contribution in [3.63, 3.8) is 0 Å². The predicted octanol–water partition coefficient (Wildman–Crippen LogP) is 4.49. The molecular formula is C22H22O3. The van der Waals surface area contributed by atoms with Crippen molar-refractivity contribution in [3.05, 3.63) is 77.4 Å². The van der Waals surface area contributed by atoms with Crippen molar-refractivity contribution in [1.29, 1.82) is 0 Å². The highest BCUT2D eigenvalue weighted by Crippen LogP contribution is 2.12. The minimum Gasteiger partial charge on any atom is -0.457 e. The van der Waals surface area contributed by atoms with Crippen molar-refractivity contribution in [2.45, 2.75) is 26.7 Å². The first-order valence-corrected chi connectivity index (χ1v) is 8.25. The normalized spacial score (nSPS) is 9.68. The number of carbonyl (C=O) groups excluding carboxylic acids is 1. The molecular weight excluding hydrogens is 312 g/mol. The van der Waals surface area contributed by atoms with Crippen molar-refractivity contribution in [1.82, 2.24) is 0 Å². The lowest BCUT2D eigenvalue weighted by molar-refractivity contribution is -0.145. The van der Waals surface area contributed by atoms with Crippen LogP contribution in [-0.2, 0) is 16.0 Å². The average molecular weight is 334 g/mol. The Hall–Kier alpha value is -2.99. The van der Waals surface area contributed by atoms with Crippen LogP contribution in [0.5, 0.6) is 5.75 Å². The molecule has 128 valence electrons. The van der Waals surface area contributed by atoms with Gasteiger partial charge in [0.1, 0.15) is 5.75 Å². The van der Waals surface area contributed by atoms with Crippen LogP contribution in [0, 0.1) is 11.8 Å². The van der Waals surface area contributed by atoms with Gasteiger partial charge in [-0.05, 0) is 55.3 Å². The van der Waals surface area contributed by atoms with E-state index in [-0.39, 0.29) is 6.79 Å². The highest BCUT2D eigenvalue weighted by atomic mass is 16.7. The van der Waals surface area contributed by atoms with E-state index in [9.17, 15) is 4.79 Å². The predicted molar refractivity (Wildman–Crippen MR) is 99.3 cm³/mol. The van der Waals surface area contributed by atoms with Gasteiger partial charge in [0.2, 0.25) is 6.79 Å². The van der Waals surface area contributed by atoms with Crippen LogP contribution < -0.4 is 4.74 Å². The summed E-state index contributed by atoms with van der Waals surface area (Å²) < 4.78 is 10.2. The molecule has 2 aromatic carbocycles. The van der Waals surface area contributed by atoms with Crippen LogP contribution in [0.2, 0.25) is 0 Å². The molecule has 0 radical (unpaired) electrons. The van der Waals surface area contributed by atoms with Gasteiger partial charge in [-0.25, -0.2) is 4.79 Å². The van der Waals surface area contributed by atoms with Gasteiger partial charge in [-0.3, -0.25) is 0 Å². The van der Waals surface area contributed by atoms with Gasteiger partial charge in [-0.15, -0.1) is 0 Å². The Morgan fingerprint density at radius 2 is 1.56 bits per heavy atom. The third kappa shape index (κ3) is 6.19. The molecule has 0 bridgehead atoms. The zero-order chi connectivity index (χ0) is 18.1. The lowest BCUT2D eigenvalue weighted by Crippen LogP contribution is -2.10.